The van der Waals surface area contributed by atoms with Gasteiger partial charge in [0, 0.05) is 18.4 Å². The van der Waals surface area contributed by atoms with Crippen LogP contribution in [-0.2, 0) is 16.1 Å². The Bertz CT molecular complexity index is 1520. The van der Waals surface area contributed by atoms with Gasteiger partial charge in [-0.3, -0.25) is 0 Å². The quantitative estimate of drug-likeness (QED) is 0.236. The van der Waals surface area contributed by atoms with Crippen LogP contribution < -0.4 is 4.74 Å². The molecule has 0 aliphatic carbocycles. The van der Waals surface area contributed by atoms with E-state index in [0.29, 0.717) is 19.0 Å². The van der Waals surface area contributed by atoms with Crippen LogP contribution in [0.25, 0.3) is 22.3 Å². The molecule has 0 spiro atoms. The summed E-state index contributed by atoms with van der Waals surface area (Å²) in [6.45, 7) is 8.47. The van der Waals surface area contributed by atoms with Crippen molar-refractivity contribution in [2.75, 3.05) is 33.5 Å². The number of hydrogen-bond donors (Lipinski definition) is 0. The zero-order valence-electron chi connectivity index (χ0n) is 24.3. The van der Waals surface area contributed by atoms with E-state index in [1.165, 1.54) is 0 Å². The number of nitrogens with zero attached hydrogens (tertiary/aromatic N) is 4. The summed E-state index contributed by atoms with van der Waals surface area (Å²) in [5.41, 5.74) is 7.23. The molecule has 1 aliphatic heterocycles. The van der Waals surface area contributed by atoms with Crippen molar-refractivity contribution in [3.05, 3.63) is 77.1 Å². The number of hydrogen-bond acceptors (Lipinski definition) is 6. The molecule has 2 atom stereocenters. The molecule has 1 amide bonds. The molecule has 0 bridgehead atoms. The number of carbonyl (C=O) groups is 1. The van der Waals surface area contributed by atoms with Crippen molar-refractivity contribution in [2.24, 2.45) is 0 Å². The minimum Gasteiger partial charge on any atom is -0.480 e. The molecule has 0 N–H and O–H groups in total. The first-order valence-electron chi connectivity index (χ1n) is 14.0. The van der Waals surface area contributed by atoms with Crippen LogP contribution in [0.1, 0.15) is 48.2 Å². The largest absolute Gasteiger partial charge is 0.480 e. The predicted molar refractivity (Wildman–Crippen MR) is 156 cm³/mol. The molecule has 1 saturated heterocycles. The van der Waals surface area contributed by atoms with E-state index in [-0.39, 0.29) is 25.2 Å². The van der Waals surface area contributed by atoms with Gasteiger partial charge in [0.2, 0.25) is 5.88 Å². The van der Waals surface area contributed by atoms with Gasteiger partial charge in [-0.2, -0.15) is 0 Å². The fourth-order valence-electron chi connectivity index (χ4n) is 5.43. The monoisotopic (exact) mass is 560 g/mol. The molecule has 1 aliphatic rings. The Morgan fingerprint density at radius 1 is 1.07 bits per heavy atom. The molecule has 3 aromatic heterocycles. The first kappa shape index (κ1) is 28.5. The lowest BCUT2D eigenvalue weighted by Crippen LogP contribution is -2.30. The predicted octanol–water partition coefficient (Wildman–Crippen LogP) is 6.40. The molecule has 2 unspecified atom stereocenters. The van der Waals surface area contributed by atoms with Crippen LogP contribution in [0, 0.1) is 13.8 Å². The number of aromatic nitrogens is 3. The fraction of sp³-hybridized carbons (Fsp3) is 0.406. The Hall–Kier alpha value is -3.98. The summed E-state index contributed by atoms with van der Waals surface area (Å²) >= 11 is 0. The van der Waals surface area contributed by atoms with Gasteiger partial charge in [-0.1, -0.05) is 44.2 Å². The second kappa shape index (κ2) is 12.3. The van der Waals surface area contributed by atoms with Gasteiger partial charge >= 0.3 is 6.09 Å². The number of fused-ring (bicyclic) bond motifs is 1. The third-order valence-electron chi connectivity index (χ3n) is 7.57. The van der Waals surface area contributed by atoms with Crippen LogP contribution in [0.3, 0.4) is 0 Å². The smallest absolute Gasteiger partial charge is 0.410 e. The molecule has 41 heavy (non-hydrogen) atoms. The van der Waals surface area contributed by atoms with Gasteiger partial charge in [-0.25, -0.2) is 19.2 Å². The first-order valence-corrected chi connectivity index (χ1v) is 14.0. The maximum absolute atomic E-state index is 13.1. The maximum atomic E-state index is 13.1. The van der Waals surface area contributed by atoms with Gasteiger partial charge < -0.3 is 23.7 Å². The summed E-state index contributed by atoms with van der Waals surface area (Å²) in [5, 5.41) is 0. The van der Waals surface area contributed by atoms with Crippen molar-refractivity contribution in [2.45, 2.75) is 52.4 Å². The standard InChI is InChI=1S/C32H37FN4O4/c1-20(2)25-12-11-24(31(34-25)39-5)29-21(3)15-26-30(35-29)22(4)16-37(26)27-17-36(18-28(27)40-14-13-33)32(38)41-19-23-9-7-6-8-10-23/h6-12,15-16,20,27-28H,13-14,17-19H2,1-5H3. The number of ether oxygens (including phenoxy) is 3. The van der Waals surface area contributed by atoms with E-state index < -0.39 is 18.9 Å². The summed E-state index contributed by atoms with van der Waals surface area (Å²) < 4.78 is 32.4. The van der Waals surface area contributed by atoms with E-state index in [9.17, 15) is 9.18 Å². The van der Waals surface area contributed by atoms with Gasteiger partial charge in [-0.05, 0) is 54.7 Å². The Balaban J connectivity index is 1.45. The van der Waals surface area contributed by atoms with Crippen molar-refractivity contribution >= 4 is 17.1 Å². The minimum atomic E-state index is -0.595. The lowest BCUT2D eigenvalue weighted by Gasteiger charge is -2.21. The number of amides is 1. The molecule has 5 rings (SSSR count). The number of carbonyl (C=O) groups excluding carboxylic acids is 1. The summed E-state index contributed by atoms with van der Waals surface area (Å²) in [6.07, 6.45) is 1.23. The average molecular weight is 561 g/mol. The average Bonchev–Trinajstić information content (AvgIpc) is 3.54. The van der Waals surface area contributed by atoms with E-state index in [4.69, 9.17) is 24.2 Å². The number of benzene rings is 1. The minimum absolute atomic E-state index is 0.0349. The summed E-state index contributed by atoms with van der Waals surface area (Å²) in [6, 6.07) is 15.5. The highest BCUT2D eigenvalue weighted by Crippen LogP contribution is 2.36. The second-order valence-electron chi connectivity index (χ2n) is 10.8. The molecule has 4 heterocycles. The van der Waals surface area contributed by atoms with Crippen LogP contribution in [0.15, 0.2) is 54.7 Å². The Morgan fingerprint density at radius 2 is 1.85 bits per heavy atom. The summed E-state index contributed by atoms with van der Waals surface area (Å²) in [4.78, 5) is 24.4. The molecule has 1 aromatic carbocycles. The van der Waals surface area contributed by atoms with Crippen molar-refractivity contribution in [3.63, 3.8) is 0 Å². The molecule has 8 nitrogen and oxygen atoms in total. The molecular weight excluding hydrogens is 523 g/mol. The maximum Gasteiger partial charge on any atom is 0.410 e. The van der Waals surface area contributed by atoms with Crippen molar-refractivity contribution in [1.29, 1.82) is 0 Å². The van der Waals surface area contributed by atoms with Crippen molar-refractivity contribution in [1.82, 2.24) is 19.4 Å². The van der Waals surface area contributed by atoms with Crippen LogP contribution in [0.2, 0.25) is 0 Å². The SMILES string of the molecule is COc1nc(C(C)C)ccc1-c1nc2c(C)cn(C3CN(C(=O)OCc4ccccc4)CC3OCCF)c2cc1C. The number of aryl methyl sites for hydroxylation is 2. The van der Waals surface area contributed by atoms with E-state index in [2.05, 4.69) is 24.5 Å². The second-order valence-corrected chi connectivity index (χ2v) is 10.8. The molecule has 1 fully saturated rings. The Kier molecular flexibility index (Phi) is 8.54. The number of halogens is 1. The van der Waals surface area contributed by atoms with Crippen LogP contribution in [-0.4, -0.2) is 65.1 Å². The highest BCUT2D eigenvalue weighted by atomic mass is 19.1. The highest BCUT2D eigenvalue weighted by Gasteiger charge is 2.39. The topological polar surface area (TPSA) is 78.7 Å². The molecular formula is C32H37FN4O4. The van der Waals surface area contributed by atoms with Crippen LogP contribution in [0.5, 0.6) is 5.88 Å². The third kappa shape index (κ3) is 5.91. The number of pyridine rings is 2. The molecule has 216 valence electrons. The number of alkyl halides is 1. The first-order chi connectivity index (χ1) is 19.8. The van der Waals surface area contributed by atoms with E-state index >= 15 is 0 Å². The van der Waals surface area contributed by atoms with Gasteiger partial charge in [0.15, 0.2) is 0 Å². The zero-order chi connectivity index (χ0) is 29.1. The fourth-order valence-corrected chi connectivity index (χ4v) is 5.43. The number of likely N-dealkylation sites (tertiary alicyclic amines) is 1. The Morgan fingerprint density at radius 3 is 2.56 bits per heavy atom. The summed E-state index contributed by atoms with van der Waals surface area (Å²) in [5.74, 6) is 0.822. The van der Waals surface area contributed by atoms with Gasteiger partial charge in [-0.15, -0.1) is 0 Å². The molecule has 9 heteroatoms. The van der Waals surface area contributed by atoms with E-state index in [0.717, 1.165) is 44.7 Å². The molecule has 4 aromatic rings. The van der Waals surface area contributed by atoms with Crippen LogP contribution >= 0.6 is 0 Å². The van der Waals surface area contributed by atoms with Crippen LogP contribution in [0.4, 0.5) is 9.18 Å². The highest BCUT2D eigenvalue weighted by molar-refractivity contribution is 5.85. The van der Waals surface area contributed by atoms with E-state index in [1.54, 1.807) is 12.0 Å². The lowest BCUT2D eigenvalue weighted by molar-refractivity contribution is 0.0290. The van der Waals surface area contributed by atoms with Crippen molar-refractivity contribution in [3.8, 4) is 17.1 Å². The van der Waals surface area contributed by atoms with Gasteiger partial charge in [0.25, 0.3) is 0 Å². The lowest BCUT2D eigenvalue weighted by atomic mass is 10.0. The van der Waals surface area contributed by atoms with Gasteiger partial charge in [0.05, 0.1) is 54.7 Å². The summed E-state index contributed by atoms with van der Waals surface area (Å²) in [7, 11) is 1.62. The Labute approximate surface area is 240 Å². The van der Waals surface area contributed by atoms with E-state index in [1.807, 2.05) is 62.5 Å². The molecule has 0 radical (unpaired) electrons. The van der Waals surface area contributed by atoms with Gasteiger partial charge in [0.1, 0.15) is 13.3 Å². The molecule has 0 saturated carbocycles. The third-order valence-corrected chi connectivity index (χ3v) is 7.57. The number of methoxy groups -OCH3 is 1. The van der Waals surface area contributed by atoms with Crippen molar-refractivity contribution < 1.29 is 23.4 Å². The normalized spacial score (nSPS) is 17.0. The zero-order valence-corrected chi connectivity index (χ0v) is 24.3. The number of rotatable bonds is 9.